The standard InChI is InChI=1S/C24H29FN6O3/c1-13-10-29(11-17(13)18(26)12-34-16-6-4-3-5-7-16)21-14(2)20-19(28-22(21)25)23(32)31(27)24(33)30(20)15-8-9-15/h3-7,13,15,17-18H,8-12,26-27H2,1-2H3. The van der Waals surface area contributed by atoms with Crippen molar-refractivity contribution in [1.82, 2.24) is 14.2 Å². The first-order valence-corrected chi connectivity index (χ1v) is 11.6. The average Bonchev–Trinajstić information content (AvgIpc) is 3.59. The van der Waals surface area contributed by atoms with Crippen LogP contribution in [-0.2, 0) is 0 Å². The van der Waals surface area contributed by atoms with Crippen LogP contribution in [0.2, 0.25) is 0 Å². The molecule has 1 saturated carbocycles. The van der Waals surface area contributed by atoms with Crippen molar-refractivity contribution in [3.63, 3.8) is 0 Å². The Kier molecular flexibility index (Phi) is 5.55. The van der Waals surface area contributed by atoms with E-state index in [0.29, 0.717) is 41.1 Å². The fraction of sp³-hybridized carbons (Fsp3) is 0.458. The molecule has 0 spiro atoms. The third-order valence-electron chi connectivity index (χ3n) is 7.05. The van der Waals surface area contributed by atoms with Gasteiger partial charge in [-0.15, -0.1) is 0 Å². The molecule has 0 amide bonds. The first-order valence-electron chi connectivity index (χ1n) is 11.6. The zero-order valence-electron chi connectivity index (χ0n) is 19.3. The summed E-state index contributed by atoms with van der Waals surface area (Å²) in [4.78, 5) is 31.3. The van der Waals surface area contributed by atoms with E-state index in [0.717, 1.165) is 18.6 Å². The maximum atomic E-state index is 15.3. The second-order valence-corrected chi connectivity index (χ2v) is 9.47. The minimum Gasteiger partial charge on any atom is -0.492 e. The van der Waals surface area contributed by atoms with Crippen LogP contribution in [0, 0.1) is 24.7 Å². The molecular weight excluding hydrogens is 439 g/mol. The maximum absolute atomic E-state index is 15.3. The van der Waals surface area contributed by atoms with Crippen molar-refractivity contribution >= 4 is 16.7 Å². The highest BCUT2D eigenvalue weighted by atomic mass is 19.1. The SMILES string of the molecule is Cc1c(N2CC(C)C(C(N)COc3ccccc3)C2)c(F)nc2c(=O)n(N)c(=O)n(C3CC3)c12. The van der Waals surface area contributed by atoms with Crippen molar-refractivity contribution in [3.8, 4) is 5.75 Å². The molecule has 180 valence electrons. The van der Waals surface area contributed by atoms with Crippen molar-refractivity contribution in [2.24, 2.45) is 17.6 Å². The Morgan fingerprint density at radius 3 is 2.59 bits per heavy atom. The number of aryl methyl sites for hydroxylation is 1. The highest BCUT2D eigenvalue weighted by Crippen LogP contribution is 2.39. The number of pyridine rings is 1. The van der Waals surface area contributed by atoms with Gasteiger partial charge in [0.15, 0.2) is 5.52 Å². The molecule has 1 aliphatic carbocycles. The van der Waals surface area contributed by atoms with Crippen LogP contribution >= 0.6 is 0 Å². The van der Waals surface area contributed by atoms with Crippen molar-refractivity contribution in [2.45, 2.75) is 38.8 Å². The van der Waals surface area contributed by atoms with E-state index in [1.165, 1.54) is 4.57 Å². The van der Waals surface area contributed by atoms with Crippen molar-refractivity contribution in [2.75, 3.05) is 30.4 Å². The largest absolute Gasteiger partial charge is 0.492 e. The van der Waals surface area contributed by atoms with Gasteiger partial charge in [0.1, 0.15) is 12.4 Å². The van der Waals surface area contributed by atoms with Gasteiger partial charge >= 0.3 is 11.2 Å². The Hall–Kier alpha value is -3.40. The molecule has 2 aromatic heterocycles. The van der Waals surface area contributed by atoms with Gasteiger partial charge in [-0.1, -0.05) is 25.1 Å². The van der Waals surface area contributed by atoms with Gasteiger partial charge in [0.05, 0.1) is 11.2 Å². The summed E-state index contributed by atoms with van der Waals surface area (Å²) in [5, 5.41) is 0. The van der Waals surface area contributed by atoms with E-state index in [1.54, 1.807) is 6.92 Å². The zero-order chi connectivity index (χ0) is 24.1. The van der Waals surface area contributed by atoms with E-state index < -0.39 is 17.2 Å². The topological polar surface area (TPSA) is 121 Å². The van der Waals surface area contributed by atoms with Gasteiger partial charge in [-0.2, -0.15) is 9.07 Å². The maximum Gasteiger partial charge on any atom is 0.350 e. The van der Waals surface area contributed by atoms with Crippen LogP contribution in [0.1, 0.15) is 31.4 Å². The van der Waals surface area contributed by atoms with Crippen LogP contribution in [0.4, 0.5) is 10.1 Å². The van der Waals surface area contributed by atoms with Gasteiger partial charge in [0.25, 0.3) is 0 Å². The summed E-state index contributed by atoms with van der Waals surface area (Å²) in [5.41, 5.74) is 6.16. The molecule has 34 heavy (non-hydrogen) atoms. The molecule has 2 aliphatic rings. The van der Waals surface area contributed by atoms with E-state index >= 15 is 4.39 Å². The number of nitrogens with zero attached hydrogens (tertiary/aromatic N) is 4. The number of hydrogen-bond donors (Lipinski definition) is 2. The molecule has 1 aliphatic heterocycles. The summed E-state index contributed by atoms with van der Waals surface area (Å²) in [6.45, 7) is 5.27. The van der Waals surface area contributed by atoms with Crippen molar-refractivity contribution in [1.29, 1.82) is 0 Å². The molecule has 0 bridgehead atoms. The fourth-order valence-corrected chi connectivity index (χ4v) is 5.11. The van der Waals surface area contributed by atoms with Gasteiger partial charge in [0.2, 0.25) is 5.95 Å². The molecule has 9 nitrogen and oxygen atoms in total. The number of aromatic nitrogens is 3. The molecule has 4 N–H and O–H groups in total. The minimum atomic E-state index is -0.793. The van der Waals surface area contributed by atoms with Crippen LogP contribution in [0.25, 0.3) is 11.0 Å². The summed E-state index contributed by atoms with van der Waals surface area (Å²) >= 11 is 0. The summed E-state index contributed by atoms with van der Waals surface area (Å²) in [5.74, 6) is 5.95. The molecule has 0 radical (unpaired) electrons. The van der Waals surface area contributed by atoms with Gasteiger partial charge in [-0.05, 0) is 43.7 Å². The quantitative estimate of drug-likeness (QED) is 0.416. The van der Waals surface area contributed by atoms with E-state index in [4.69, 9.17) is 16.3 Å². The molecule has 3 atom stereocenters. The molecular formula is C24H29FN6O3. The molecule has 3 heterocycles. The van der Waals surface area contributed by atoms with E-state index in [1.807, 2.05) is 35.2 Å². The lowest BCUT2D eigenvalue weighted by molar-refractivity contribution is 0.233. The molecule has 3 unspecified atom stereocenters. The molecule has 1 aromatic carbocycles. The Bertz CT molecular complexity index is 1350. The Morgan fingerprint density at radius 2 is 1.91 bits per heavy atom. The lowest BCUT2D eigenvalue weighted by atomic mass is 9.91. The number of nitrogen functional groups attached to an aromatic ring is 1. The summed E-state index contributed by atoms with van der Waals surface area (Å²) < 4.78 is 23.2. The molecule has 5 rings (SSSR count). The van der Waals surface area contributed by atoms with Crippen LogP contribution in [0.15, 0.2) is 39.9 Å². The van der Waals surface area contributed by atoms with Crippen molar-refractivity contribution in [3.05, 3.63) is 62.7 Å². The normalized spacial score (nSPS) is 21.2. The monoisotopic (exact) mass is 468 g/mol. The first-order chi connectivity index (χ1) is 16.3. The van der Waals surface area contributed by atoms with Gasteiger partial charge in [0, 0.05) is 30.7 Å². The Balaban J connectivity index is 1.47. The number of hydrogen-bond acceptors (Lipinski definition) is 7. The van der Waals surface area contributed by atoms with Crippen LogP contribution in [0.3, 0.4) is 0 Å². The van der Waals surface area contributed by atoms with E-state index in [2.05, 4.69) is 11.9 Å². The number of halogens is 1. The molecule has 10 heteroatoms. The fourth-order valence-electron chi connectivity index (χ4n) is 5.11. The number of rotatable bonds is 6. The number of anilines is 1. The van der Waals surface area contributed by atoms with Gasteiger partial charge < -0.3 is 21.2 Å². The predicted octanol–water partition coefficient (Wildman–Crippen LogP) is 1.53. The number of para-hydroxylation sites is 1. The zero-order valence-corrected chi connectivity index (χ0v) is 19.3. The second kappa shape index (κ2) is 8.43. The average molecular weight is 469 g/mol. The van der Waals surface area contributed by atoms with E-state index in [9.17, 15) is 9.59 Å². The number of ether oxygens (including phenoxy) is 1. The summed E-state index contributed by atoms with van der Waals surface area (Å²) in [7, 11) is 0. The predicted molar refractivity (Wildman–Crippen MR) is 128 cm³/mol. The van der Waals surface area contributed by atoms with E-state index in [-0.39, 0.29) is 29.4 Å². The third-order valence-corrected chi connectivity index (χ3v) is 7.05. The van der Waals surface area contributed by atoms with Crippen LogP contribution < -0.4 is 32.5 Å². The van der Waals surface area contributed by atoms with Gasteiger partial charge in [-0.25, -0.2) is 9.78 Å². The second-order valence-electron chi connectivity index (χ2n) is 9.47. The summed E-state index contributed by atoms with van der Waals surface area (Å²) in [6, 6.07) is 9.18. The third kappa shape index (κ3) is 3.71. The molecule has 1 saturated heterocycles. The van der Waals surface area contributed by atoms with Crippen molar-refractivity contribution < 1.29 is 9.13 Å². The number of fused-ring (bicyclic) bond motifs is 1. The van der Waals surface area contributed by atoms with Gasteiger partial charge in [-0.3, -0.25) is 9.36 Å². The Morgan fingerprint density at radius 1 is 1.21 bits per heavy atom. The highest BCUT2D eigenvalue weighted by molar-refractivity contribution is 5.83. The number of nitrogens with two attached hydrogens (primary N) is 2. The highest BCUT2D eigenvalue weighted by Gasteiger charge is 2.37. The smallest absolute Gasteiger partial charge is 0.350 e. The molecule has 3 aromatic rings. The number of benzene rings is 1. The lowest BCUT2D eigenvalue weighted by Crippen LogP contribution is -2.45. The first kappa shape index (κ1) is 22.4. The Labute approximate surface area is 195 Å². The lowest BCUT2D eigenvalue weighted by Gasteiger charge is -2.25. The van der Waals surface area contributed by atoms with Crippen LogP contribution in [0.5, 0.6) is 5.75 Å². The minimum absolute atomic E-state index is 0.0574. The summed E-state index contributed by atoms with van der Waals surface area (Å²) in [6.07, 6.45) is 1.61. The van der Waals surface area contributed by atoms with Crippen LogP contribution in [-0.4, -0.2) is 40.0 Å². The molecule has 2 fully saturated rings.